The van der Waals surface area contributed by atoms with Gasteiger partial charge in [-0.2, -0.15) is 0 Å². The molecular weight excluding hydrogens is 328 g/mol. The van der Waals surface area contributed by atoms with E-state index in [4.69, 9.17) is 9.47 Å². The molecule has 3 rings (SSSR count). The molecule has 0 aromatic heterocycles. The molecule has 1 aliphatic rings. The smallest absolute Gasteiger partial charge is 0.251 e. The second kappa shape index (κ2) is 7.68. The standard InChI is InChI=1S/C21H26N2O3/c1-13-6-5-7-17-20(13)16(14(2)23-17)10-11-22-21(24)15-8-9-18(25-3)19(12-15)26-4/h5-9,12,14,16,23H,10-11H2,1-4H3,(H,22,24). The lowest BCUT2D eigenvalue weighted by atomic mass is 9.89. The molecule has 0 radical (unpaired) electrons. The fourth-order valence-electron chi connectivity index (χ4n) is 3.71. The van der Waals surface area contributed by atoms with E-state index in [1.807, 2.05) is 0 Å². The zero-order valence-electron chi connectivity index (χ0n) is 15.8. The van der Waals surface area contributed by atoms with Crippen molar-refractivity contribution in [2.24, 2.45) is 0 Å². The molecule has 0 bridgehead atoms. The SMILES string of the molecule is COc1ccc(C(=O)NCCC2c3c(C)cccc3NC2C)cc1OC. The molecule has 0 aliphatic carbocycles. The van der Waals surface area contributed by atoms with E-state index in [1.54, 1.807) is 32.4 Å². The van der Waals surface area contributed by atoms with Gasteiger partial charge in [-0.05, 0) is 55.7 Å². The van der Waals surface area contributed by atoms with Gasteiger partial charge in [0, 0.05) is 29.8 Å². The number of carbonyl (C=O) groups is 1. The molecule has 0 saturated carbocycles. The van der Waals surface area contributed by atoms with Crippen LogP contribution in [0.3, 0.4) is 0 Å². The Balaban J connectivity index is 1.63. The first-order valence-electron chi connectivity index (χ1n) is 8.91. The summed E-state index contributed by atoms with van der Waals surface area (Å²) in [5.41, 5.74) is 4.46. The summed E-state index contributed by atoms with van der Waals surface area (Å²) in [7, 11) is 3.14. The largest absolute Gasteiger partial charge is 0.493 e. The van der Waals surface area contributed by atoms with Crippen LogP contribution < -0.4 is 20.1 Å². The molecule has 2 aromatic carbocycles. The van der Waals surface area contributed by atoms with Crippen LogP contribution in [-0.2, 0) is 0 Å². The van der Waals surface area contributed by atoms with Crippen LogP contribution in [0.5, 0.6) is 11.5 Å². The number of methoxy groups -OCH3 is 2. The number of nitrogens with one attached hydrogen (secondary N) is 2. The number of aryl methyl sites for hydroxylation is 1. The van der Waals surface area contributed by atoms with Gasteiger partial charge in [-0.15, -0.1) is 0 Å². The Bertz CT molecular complexity index is 804. The summed E-state index contributed by atoms with van der Waals surface area (Å²) in [5, 5.41) is 6.57. The van der Waals surface area contributed by atoms with E-state index in [2.05, 4.69) is 42.7 Å². The quantitative estimate of drug-likeness (QED) is 0.830. The van der Waals surface area contributed by atoms with Gasteiger partial charge in [0.1, 0.15) is 0 Å². The van der Waals surface area contributed by atoms with E-state index >= 15 is 0 Å². The Morgan fingerprint density at radius 2 is 1.92 bits per heavy atom. The highest BCUT2D eigenvalue weighted by molar-refractivity contribution is 5.94. The van der Waals surface area contributed by atoms with Gasteiger partial charge in [0.2, 0.25) is 0 Å². The van der Waals surface area contributed by atoms with Crippen molar-refractivity contribution < 1.29 is 14.3 Å². The van der Waals surface area contributed by atoms with Gasteiger partial charge in [-0.3, -0.25) is 4.79 Å². The summed E-state index contributed by atoms with van der Waals surface area (Å²) in [6, 6.07) is 11.9. The lowest BCUT2D eigenvalue weighted by Gasteiger charge is -2.18. The minimum Gasteiger partial charge on any atom is -0.493 e. The second-order valence-corrected chi connectivity index (χ2v) is 6.69. The first kappa shape index (κ1) is 18.1. The molecule has 0 spiro atoms. The predicted octanol–water partition coefficient (Wildman–Crippen LogP) is 3.73. The first-order valence-corrected chi connectivity index (χ1v) is 8.91. The van der Waals surface area contributed by atoms with Crippen LogP contribution in [0.2, 0.25) is 0 Å². The van der Waals surface area contributed by atoms with E-state index in [0.29, 0.717) is 35.6 Å². The van der Waals surface area contributed by atoms with Gasteiger partial charge in [0.05, 0.1) is 14.2 Å². The molecule has 2 unspecified atom stereocenters. The average Bonchev–Trinajstić information content (AvgIpc) is 2.97. The zero-order chi connectivity index (χ0) is 18.7. The highest BCUT2D eigenvalue weighted by atomic mass is 16.5. The third-order valence-corrected chi connectivity index (χ3v) is 5.07. The van der Waals surface area contributed by atoms with Gasteiger partial charge < -0.3 is 20.1 Å². The summed E-state index contributed by atoms with van der Waals surface area (Å²) in [6.07, 6.45) is 0.894. The number of hydrogen-bond acceptors (Lipinski definition) is 4. The molecule has 1 heterocycles. The maximum absolute atomic E-state index is 12.5. The van der Waals surface area contributed by atoms with Gasteiger partial charge in [-0.1, -0.05) is 12.1 Å². The van der Waals surface area contributed by atoms with Gasteiger partial charge in [-0.25, -0.2) is 0 Å². The van der Waals surface area contributed by atoms with Crippen molar-refractivity contribution in [3.8, 4) is 11.5 Å². The van der Waals surface area contributed by atoms with Gasteiger partial charge in [0.25, 0.3) is 5.91 Å². The predicted molar refractivity (Wildman–Crippen MR) is 104 cm³/mol. The number of hydrogen-bond donors (Lipinski definition) is 2. The van der Waals surface area contributed by atoms with Crippen molar-refractivity contribution in [3.63, 3.8) is 0 Å². The fraction of sp³-hybridized carbons (Fsp3) is 0.381. The molecular formula is C21H26N2O3. The second-order valence-electron chi connectivity index (χ2n) is 6.69. The van der Waals surface area contributed by atoms with Crippen LogP contribution in [0.4, 0.5) is 5.69 Å². The molecule has 26 heavy (non-hydrogen) atoms. The molecule has 0 fully saturated rings. The maximum atomic E-state index is 12.5. The molecule has 2 N–H and O–H groups in total. The fourth-order valence-corrected chi connectivity index (χ4v) is 3.71. The molecule has 1 aliphatic heterocycles. The van der Waals surface area contributed by atoms with E-state index in [9.17, 15) is 4.79 Å². The molecule has 138 valence electrons. The maximum Gasteiger partial charge on any atom is 0.251 e. The lowest BCUT2D eigenvalue weighted by molar-refractivity contribution is 0.0952. The van der Waals surface area contributed by atoms with Crippen molar-refractivity contribution in [2.45, 2.75) is 32.2 Å². The van der Waals surface area contributed by atoms with Crippen LogP contribution in [0.1, 0.15) is 40.7 Å². The van der Waals surface area contributed by atoms with Crippen molar-refractivity contribution in [1.29, 1.82) is 0 Å². The Morgan fingerprint density at radius 3 is 2.65 bits per heavy atom. The van der Waals surface area contributed by atoms with Gasteiger partial charge >= 0.3 is 0 Å². The van der Waals surface area contributed by atoms with Crippen LogP contribution >= 0.6 is 0 Å². The van der Waals surface area contributed by atoms with Crippen LogP contribution in [-0.4, -0.2) is 32.7 Å². The van der Waals surface area contributed by atoms with Crippen molar-refractivity contribution in [1.82, 2.24) is 5.32 Å². The number of anilines is 1. The van der Waals surface area contributed by atoms with E-state index in [-0.39, 0.29) is 5.91 Å². The minimum absolute atomic E-state index is 0.102. The Hall–Kier alpha value is -2.69. The van der Waals surface area contributed by atoms with Crippen LogP contribution in [0.15, 0.2) is 36.4 Å². The number of amides is 1. The monoisotopic (exact) mass is 354 g/mol. The Morgan fingerprint density at radius 1 is 1.15 bits per heavy atom. The third-order valence-electron chi connectivity index (χ3n) is 5.07. The number of ether oxygens (including phenoxy) is 2. The normalized spacial score (nSPS) is 18.0. The zero-order valence-corrected chi connectivity index (χ0v) is 15.8. The molecule has 2 aromatic rings. The molecule has 1 amide bonds. The molecule has 0 saturated heterocycles. The minimum atomic E-state index is -0.102. The topological polar surface area (TPSA) is 59.6 Å². The molecule has 5 nitrogen and oxygen atoms in total. The van der Waals surface area contributed by atoms with E-state index in [0.717, 1.165) is 6.42 Å². The van der Waals surface area contributed by atoms with Crippen LogP contribution in [0.25, 0.3) is 0 Å². The Kier molecular flexibility index (Phi) is 5.35. The highest BCUT2D eigenvalue weighted by Crippen LogP contribution is 2.39. The Labute approximate surface area is 154 Å². The number of fused-ring (bicyclic) bond motifs is 1. The van der Waals surface area contributed by atoms with Crippen molar-refractivity contribution in [3.05, 3.63) is 53.1 Å². The highest BCUT2D eigenvalue weighted by Gasteiger charge is 2.29. The van der Waals surface area contributed by atoms with Crippen molar-refractivity contribution in [2.75, 3.05) is 26.1 Å². The summed E-state index contributed by atoms with van der Waals surface area (Å²) in [4.78, 5) is 12.5. The third kappa shape index (κ3) is 3.47. The van der Waals surface area contributed by atoms with Crippen LogP contribution in [0, 0.1) is 6.92 Å². The summed E-state index contributed by atoms with van der Waals surface area (Å²) in [6.45, 7) is 4.96. The summed E-state index contributed by atoms with van der Waals surface area (Å²) >= 11 is 0. The van der Waals surface area contributed by atoms with Crippen molar-refractivity contribution >= 4 is 11.6 Å². The lowest BCUT2D eigenvalue weighted by Crippen LogP contribution is -2.27. The number of carbonyl (C=O) groups excluding carboxylic acids is 1. The summed E-state index contributed by atoms with van der Waals surface area (Å²) in [5.74, 6) is 1.46. The van der Waals surface area contributed by atoms with E-state index in [1.165, 1.54) is 16.8 Å². The number of benzene rings is 2. The van der Waals surface area contributed by atoms with E-state index < -0.39 is 0 Å². The summed E-state index contributed by atoms with van der Waals surface area (Å²) < 4.78 is 10.5. The van der Waals surface area contributed by atoms with Gasteiger partial charge in [0.15, 0.2) is 11.5 Å². The first-order chi connectivity index (χ1) is 12.5. The molecule has 2 atom stereocenters. The average molecular weight is 354 g/mol. The number of rotatable bonds is 6. The molecule has 5 heteroatoms.